The second kappa shape index (κ2) is 5.29. The fraction of sp³-hybridized carbons (Fsp3) is 1.00. The SMILES string of the molecule is C[N+](C)(C)CCOB1OB2OB([O-])OB(O1)O2. The topological polar surface area (TPSA) is 78.4 Å². The van der Waals surface area contributed by atoms with Gasteiger partial charge in [0.2, 0.25) is 0 Å². The monoisotopic (exact) mass is 243 g/mol. The lowest BCUT2D eigenvalue weighted by atomic mass is 9.90. The molecule has 2 fully saturated rings. The van der Waals surface area contributed by atoms with E-state index in [-0.39, 0.29) is 0 Å². The van der Waals surface area contributed by atoms with Gasteiger partial charge in [0.25, 0.3) is 0 Å². The summed E-state index contributed by atoms with van der Waals surface area (Å²) >= 11 is 0. The molecule has 0 aromatic carbocycles. The van der Waals surface area contributed by atoms with Crippen molar-refractivity contribution in [2.24, 2.45) is 0 Å². The van der Waals surface area contributed by atoms with Crippen molar-refractivity contribution in [3.8, 4) is 0 Å². The van der Waals surface area contributed by atoms with Crippen molar-refractivity contribution in [2.75, 3.05) is 34.3 Å². The highest BCUT2D eigenvalue weighted by Gasteiger charge is 2.50. The lowest BCUT2D eigenvalue weighted by Gasteiger charge is -2.37. The van der Waals surface area contributed by atoms with Gasteiger partial charge in [0, 0.05) is 0 Å². The first-order valence-corrected chi connectivity index (χ1v) is 5.27. The largest absolute Gasteiger partial charge is 0.833 e. The Bertz CT molecular complexity index is 247. The average molecular weight is 242 g/mol. The molecule has 17 heavy (non-hydrogen) atoms. The Morgan fingerprint density at radius 3 is 2.12 bits per heavy atom. The standard InChI is InChI=1S/C5H13B4NO7/c1-10(2,3)4-5-12-7-15-8-13-6(11)14-9(16-7)17-8/h4-5H2,1-3H3. The molecule has 0 N–H and O–H groups in total. The van der Waals surface area contributed by atoms with E-state index in [4.69, 9.17) is 18.4 Å². The predicted octanol–water partition coefficient (Wildman–Crippen LogP) is -2.88. The second-order valence-corrected chi connectivity index (χ2v) is 4.72. The Morgan fingerprint density at radius 2 is 1.59 bits per heavy atom. The van der Waals surface area contributed by atoms with Crippen molar-refractivity contribution in [3.05, 3.63) is 0 Å². The first-order chi connectivity index (χ1) is 7.92. The Morgan fingerprint density at radius 1 is 1.00 bits per heavy atom. The third kappa shape index (κ3) is 4.27. The van der Waals surface area contributed by atoms with Gasteiger partial charge in [-0.05, 0) is 0 Å². The third-order valence-electron chi connectivity index (χ3n) is 2.13. The number of quaternary nitrogens is 1. The summed E-state index contributed by atoms with van der Waals surface area (Å²) in [5.41, 5.74) is 0. The molecule has 0 radical (unpaired) electrons. The van der Waals surface area contributed by atoms with Gasteiger partial charge >= 0.3 is 29.3 Å². The molecule has 0 saturated carbocycles. The van der Waals surface area contributed by atoms with Gasteiger partial charge < -0.3 is 37.0 Å². The summed E-state index contributed by atoms with van der Waals surface area (Å²) in [6.45, 7) is 1.22. The van der Waals surface area contributed by atoms with Crippen LogP contribution in [0, 0.1) is 0 Å². The summed E-state index contributed by atoms with van der Waals surface area (Å²) in [4.78, 5) is 0. The normalized spacial score (nSPS) is 21.2. The van der Waals surface area contributed by atoms with E-state index in [1.54, 1.807) is 0 Å². The van der Waals surface area contributed by atoms with Crippen LogP contribution in [0.15, 0.2) is 0 Å². The molecule has 0 amide bonds. The fourth-order valence-electron chi connectivity index (χ4n) is 1.21. The lowest BCUT2D eigenvalue weighted by molar-refractivity contribution is -0.870. The minimum Gasteiger partial charge on any atom is -0.833 e. The Balaban J connectivity index is 1.73. The number of hydrogen-bond acceptors (Lipinski definition) is 7. The molecule has 0 aromatic rings. The minimum atomic E-state index is -1.66. The number of hydrogen-bond donors (Lipinski definition) is 0. The zero-order valence-corrected chi connectivity index (χ0v) is 10.0. The molecular formula is C5H13B4NO7. The molecule has 2 saturated heterocycles. The summed E-state index contributed by atoms with van der Waals surface area (Å²) in [6.07, 6.45) is 0. The molecule has 0 atom stereocenters. The number of rotatable bonds is 4. The maximum absolute atomic E-state index is 10.9. The third-order valence-corrected chi connectivity index (χ3v) is 2.13. The minimum absolute atomic E-state index is 0.439. The molecule has 92 valence electrons. The molecule has 2 bridgehead atoms. The van der Waals surface area contributed by atoms with Crippen LogP contribution >= 0.6 is 0 Å². The van der Waals surface area contributed by atoms with E-state index in [0.717, 1.165) is 11.0 Å². The highest BCUT2D eigenvalue weighted by Crippen LogP contribution is 2.15. The molecule has 2 rings (SSSR count). The van der Waals surface area contributed by atoms with Crippen molar-refractivity contribution < 1.29 is 37.0 Å². The Hall–Kier alpha value is -0.0603. The Labute approximate surface area is 101 Å². The van der Waals surface area contributed by atoms with Gasteiger partial charge in [0.1, 0.15) is 6.54 Å². The van der Waals surface area contributed by atoms with Crippen LogP contribution in [0.25, 0.3) is 0 Å². The van der Waals surface area contributed by atoms with E-state index in [2.05, 4.69) is 9.14 Å². The van der Waals surface area contributed by atoms with E-state index >= 15 is 0 Å². The molecule has 8 nitrogen and oxygen atoms in total. The van der Waals surface area contributed by atoms with Crippen LogP contribution in [0.2, 0.25) is 0 Å². The molecule has 0 spiro atoms. The molecule has 2 aliphatic rings. The van der Waals surface area contributed by atoms with Gasteiger partial charge in [-0.25, -0.2) is 0 Å². The predicted molar refractivity (Wildman–Crippen MR) is 57.3 cm³/mol. The average Bonchev–Trinajstić information content (AvgIpc) is 2.13. The van der Waals surface area contributed by atoms with Gasteiger partial charge in [0.15, 0.2) is 0 Å². The van der Waals surface area contributed by atoms with Gasteiger partial charge in [-0.3, -0.25) is 0 Å². The smallest absolute Gasteiger partial charge is 0.615 e. The van der Waals surface area contributed by atoms with Crippen LogP contribution in [-0.4, -0.2) is 68.1 Å². The van der Waals surface area contributed by atoms with E-state index in [1.165, 1.54) is 0 Å². The quantitative estimate of drug-likeness (QED) is 0.387. The van der Waals surface area contributed by atoms with Gasteiger partial charge in [-0.1, -0.05) is 0 Å². The zero-order valence-electron chi connectivity index (χ0n) is 10.0. The first-order valence-electron chi connectivity index (χ1n) is 5.27. The van der Waals surface area contributed by atoms with E-state index in [9.17, 15) is 5.02 Å². The fourth-order valence-corrected chi connectivity index (χ4v) is 1.21. The van der Waals surface area contributed by atoms with E-state index in [0.29, 0.717) is 6.61 Å². The van der Waals surface area contributed by atoms with Crippen LogP contribution in [0.5, 0.6) is 0 Å². The summed E-state index contributed by atoms with van der Waals surface area (Å²) in [6, 6.07) is 0. The van der Waals surface area contributed by atoms with Crippen LogP contribution in [-0.2, 0) is 27.5 Å². The molecule has 0 aromatic heterocycles. The highest BCUT2D eigenvalue weighted by atomic mass is 16.9. The zero-order chi connectivity index (χ0) is 12.5. The van der Waals surface area contributed by atoms with E-state index < -0.39 is 29.3 Å². The van der Waals surface area contributed by atoms with Crippen LogP contribution < -0.4 is 5.02 Å². The number of nitrogens with zero attached hydrogens (tertiary/aromatic N) is 1. The van der Waals surface area contributed by atoms with Crippen molar-refractivity contribution >= 4 is 29.3 Å². The molecular weight excluding hydrogens is 229 g/mol. The summed E-state index contributed by atoms with van der Waals surface area (Å²) in [7, 11) is 1.32. The maximum Gasteiger partial charge on any atom is 0.615 e. The van der Waals surface area contributed by atoms with Crippen molar-refractivity contribution in [2.45, 2.75) is 0 Å². The highest BCUT2D eigenvalue weighted by molar-refractivity contribution is 6.74. The summed E-state index contributed by atoms with van der Waals surface area (Å²) in [5.74, 6) is 0. The van der Waals surface area contributed by atoms with Crippen LogP contribution in [0.3, 0.4) is 0 Å². The van der Waals surface area contributed by atoms with Gasteiger partial charge in [-0.2, -0.15) is 0 Å². The molecule has 0 aliphatic carbocycles. The Kier molecular flexibility index (Phi) is 4.16. The number of likely N-dealkylation sites (N-methyl/N-ethyl adjacent to an activating group) is 1. The van der Waals surface area contributed by atoms with E-state index in [1.807, 2.05) is 21.1 Å². The van der Waals surface area contributed by atoms with Crippen molar-refractivity contribution in [1.82, 2.24) is 0 Å². The summed E-state index contributed by atoms with van der Waals surface area (Å²) < 4.78 is 30.4. The van der Waals surface area contributed by atoms with Crippen LogP contribution in [0.4, 0.5) is 0 Å². The number of fused-ring (bicyclic) bond motifs is 2. The maximum atomic E-state index is 10.9. The van der Waals surface area contributed by atoms with Crippen LogP contribution in [0.1, 0.15) is 0 Å². The second-order valence-electron chi connectivity index (χ2n) is 4.72. The molecule has 2 heterocycles. The molecule has 2 aliphatic heterocycles. The first kappa shape index (κ1) is 13.4. The van der Waals surface area contributed by atoms with Gasteiger partial charge in [-0.15, -0.1) is 0 Å². The summed E-state index contributed by atoms with van der Waals surface area (Å²) in [5, 5.41) is 10.9. The molecule has 12 heteroatoms. The van der Waals surface area contributed by atoms with Crippen molar-refractivity contribution in [1.29, 1.82) is 0 Å². The lowest BCUT2D eigenvalue weighted by Crippen LogP contribution is -2.63. The van der Waals surface area contributed by atoms with Crippen molar-refractivity contribution in [3.63, 3.8) is 0 Å². The van der Waals surface area contributed by atoms with Gasteiger partial charge in [0.05, 0.1) is 27.7 Å². The molecule has 0 unspecified atom stereocenters.